The van der Waals surface area contributed by atoms with E-state index in [1.807, 2.05) is 12.3 Å². The van der Waals surface area contributed by atoms with Crippen LogP contribution in [0.4, 0.5) is 0 Å². The predicted octanol–water partition coefficient (Wildman–Crippen LogP) is 6.16. The Bertz CT molecular complexity index is 530. The second-order valence-corrected chi connectivity index (χ2v) is 8.72. The van der Waals surface area contributed by atoms with Crippen LogP contribution < -0.4 is 5.73 Å². The number of nitrogens with two attached hydrogens (primary N) is 1. The molecule has 5 nitrogen and oxygen atoms in total. The van der Waals surface area contributed by atoms with Crippen molar-refractivity contribution in [2.45, 2.75) is 103 Å². The lowest BCUT2D eigenvalue weighted by Crippen LogP contribution is -2.52. The number of aliphatic carboxylic acids is 1. The smallest absolute Gasteiger partial charge is 0.360 e. The highest BCUT2D eigenvalue weighted by atomic mass is 16.4. The number of nitrogens with zero attached hydrogens (tertiary/aromatic N) is 2. The molecule has 0 aromatic rings. The van der Waals surface area contributed by atoms with Crippen LogP contribution in [0.25, 0.3) is 0 Å². The van der Waals surface area contributed by atoms with Gasteiger partial charge in [-0.2, -0.15) is 0 Å². The lowest BCUT2D eigenvalue weighted by atomic mass is 10.0. The van der Waals surface area contributed by atoms with Gasteiger partial charge in [-0.1, -0.05) is 83.1 Å². The van der Waals surface area contributed by atoms with E-state index in [1.54, 1.807) is 6.20 Å². The van der Waals surface area contributed by atoms with Gasteiger partial charge in [0.15, 0.2) is 6.54 Å². The van der Waals surface area contributed by atoms with Crippen molar-refractivity contribution in [2.24, 2.45) is 10.7 Å². The summed E-state index contributed by atoms with van der Waals surface area (Å²) in [5.41, 5.74) is 5.72. The summed E-state index contributed by atoms with van der Waals surface area (Å²) in [6.45, 7) is 4.89. The molecule has 30 heavy (non-hydrogen) atoms. The van der Waals surface area contributed by atoms with Crippen molar-refractivity contribution in [1.29, 1.82) is 0 Å². The first-order valence-electron chi connectivity index (χ1n) is 12.3. The fraction of sp³-hybridized carbons (Fsp3) is 0.760. The maximum absolute atomic E-state index is 11.3. The molecular formula is C25H46N3O2+. The minimum atomic E-state index is -0.800. The molecule has 1 unspecified atom stereocenters. The van der Waals surface area contributed by atoms with E-state index in [4.69, 9.17) is 5.73 Å². The van der Waals surface area contributed by atoms with E-state index in [1.165, 1.54) is 89.9 Å². The van der Waals surface area contributed by atoms with Gasteiger partial charge >= 0.3 is 5.97 Å². The summed E-state index contributed by atoms with van der Waals surface area (Å²) < 4.78 is 0.306. The molecule has 1 aliphatic heterocycles. The van der Waals surface area contributed by atoms with Crippen LogP contribution in [0.1, 0.15) is 103 Å². The van der Waals surface area contributed by atoms with E-state index in [-0.39, 0.29) is 6.54 Å². The van der Waals surface area contributed by atoms with E-state index in [9.17, 15) is 9.90 Å². The van der Waals surface area contributed by atoms with E-state index in [0.717, 1.165) is 18.7 Å². The van der Waals surface area contributed by atoms with Gasteiger partial charge in [0.05, 0.1) is 6.20 Å². The molecule has 1 heterocycles. The van der Waals surface area contributed by atoms with Gasteiger partial charge in [0.2, 0.25) is 5.84 Å². The van der Waals surface area contributed by atoms with Gasteiger partial charge in [-0.25, -0.2) is 14.3 Å². The van der Waals surface area contributed by atoms with Gasteiger partial charge in [-0.15, -0.1) is 6.58 Å². The highest BCUT2D eigenvalue weighted by molar-refractivity contribution is 5.81. The van der Waals surface area contributed by atoms with Crippen LogP contribution in [0.3, 0.4) is 0 Å². The lowest BCUT2D eigenvalue weighted by Gasteiger charge is -2.30. The van der Waals surface area contributed by atoms with Gasteiger partial charge in [-0.05, 0) is 19.3 Å². The monoisotopic (exact) mass is 420 g/mol. The summed E-state index contributed by atoms with van der Waals surface area (Å²) in [6, 6.07) is 0. The fourth-order valence-corrected chi connectivity index (χ4v) is 4.33. The van der Waals surface area contributed by atoms with Crippen molar-refractivity contribution in [3.05, 3.63) is 25.1 Å². The molecule has 172 valence electrons. The van der Waals surface area contributed by atoms with Gasteiger partial charge in [0.1, 0.15) is 12.7 Å². The van der Waals surface area contributed by atoms with E-state index in [0.29, 0.717) is 17.6 Å². The maximum Gasteiger partial charge on any atom is 0.360 e. The number of rotatable bonds is 21. The third kappa shape index (κ3) is 11.7. The Kier molecular flexibility index (Phi) is 15.3. The number of carboxylic acid groups (broad SMARTS) is 1. The first-order valence-corrected chi connectivity index (χ1v) is 12.3. The van der Waals surface area contributed by atoms with Crippen LogP contribution in [-0.4, -0.2) is 41.0 Å². The van der Waals surface area contributed by atoms with Crippen molar-refractivity contribution in [2.75, 3.05) is 19.6 Å². The second kappa shape index (κ2) is 17.2. The van der Waals surface area contributed by atoms with E-state index in [2.05, 4.69) is 11.6 Å². The number of quaternary nitrogens is 1. The minimum absolute atomic E-state index is 0.0435. The Morgan fingerprint density at radius 1 is 0.933 bits per heavy atom. The fourth-order valence-electron chi connectivity index (χ4n) is 4.33. The van der Waals surface area contributed by atoms with Gasteiger partial charge in [0, 0.05) is 13.0 Å². The molecule has 0 spiro atoms. The summed E-state index contributed by atoms with van der Waals surface area (Å²) in [5, 5.41) is 9.25. The average Bonchev–Trinajstić information content (AvgIpc) is 3.09. The molecule has 0 fully saturated rings. The molecule has 0 aromatic heterocycles. The largest absolute Gasteiger partial charge is 0.477 e. The van der Waals surface area contributed by atoms with Crippen LogP contribution in [0.15, 0.2) is 30.0 Å². The Morgan fingerprint density at radius 2 is 1.43 bits per heavy atom. The number of hydrogen-bond acceptors (Lipinski definition) is 3. The van der Waals surface area contributed by atoms with Gasteiger partial charge < -0.3 is 10.8 Å². The Balaban J connectivity index is 1.96. The summed E-state index contributed by atoms with van der Waals surface area (Å²) in [5.74, 6) is 0.162. The zero-order valence-electron chi connectivity index (χ0n) is 19.2. The molecule has 5 heteroatoms. The standard InChI is InChI=1S/C25H45N3O2/c1-2-3-4-5-6-7-8-9-10-11-12-13-14-15-16-17-18-24-27-20-22-28(24,21-19-26)23-25(29)30/h2,20,22H,1,3-19,21,23,26H2/p+1. The Morgan fingerprint density at radius 3 is 1.90 bits per heavy atom. The van der Waals surface area contributed by atoms with E-state index >= 15 is 0 Å². The lowest BCUT2D eigenvalue weighted by molar-refractivity contribution is -0.778. The first-order chi connectivity index (χ1) is 14.6. The topological polar surface area (TPSA) is 75.7 Å². The molecular weight excluding hydrogens is 374 g/mol. The van der Waals surface area contributed by atoms with Crippen LogP contribution in [-0.2, 0) is 4.79 Å². The van der Waals surface area contributed by atoms with Crippen molar-refractivity contribution in [3.8, 4) is 0 Å². The van der Waals surface area contributed by atoms with Crippen LogP contribution in [0, 0.1) is 0 Å². The Labute approximate surface area is 184 Å². The molecule has 0 radical (unpaired) electrons. The second-order valence-electron chi connectivity index (χ2n) is 8.72. The summed E-state index contributed by atoms with van der Waals surface area (Å²) in [4.78, 5) is 15.7. The SMILES string of the molecule is C=CCCCCCCCCCCCCCCCCC1=NC=C[N+]1(CCN)CC(=O)O. The van der Waals surface area contributed by atoms with Gasteiger partial charge in [0.25, 0.3) is 0 Å². The van der Waals surface area contributed by atoms with Crippen molar-refractivity contribution in [3.63, 3.8) is 0 Å². The molecule has 0 aromatic carbocycles. The zero-order chi connectivity index (χ0) is 21.9. The molecule has 0 aliphatic carbocycles. The molecule has 1 aliphatic rings. The summed E-state index contributed by atoms with van der Waals surface area (Å²) >= 11 is 0. The van der Waals surface area contributed by atoms with E-state index < -0.39 is 5.97 Å². The predicted molar refractivity (Wildman–Crippen MR) is 127 cm³/mol. The molecule has 0 amide bonds. The van der Waals surface area contributed by atoms with Crippen LogP contribution >= 0.6 is 0 Å². The highest BCUT2D eigenvalue weighted by Gasteiger charge is 2.36. The third-order valence-corrected chi connectivity index (χ3v) is 6.09. The molecule has 0 bridgehead atoms. The molecule has 3 N–H and O–H groups in total. The third-order valence-electron chi connectivity index (χ3n) is 6.09. The molecule has 0 saturated heterocycles. The van der Waals surface area contributed by atoms with Crippen molar-refractivity contribution >= 4 is 11.8 Å². The normalized spacial score (nSPS) is 18.0. The summed E-state index contributed by atoms with van der Waals surface area (Å²) in [6.07, 6.45) is 26.3. The maximum atomic E-state index is 11.3. The van der Waals surface area contributed by atoms with Crippen molar-refractivity contribution in [1.82, 2.24) is 0 Å². The average molecular weight is 421 g/mol. The zero-order valence-corrected chi connectivity index (χ0v) is 19.2. The number of hydrogen-bond donors (Lipinski definition) is 2. The number of aliphatic imine (C=N–C) groups is 1. The number of unbranched alkanes of at least 4 members (excludes halogenated alkanes) is 14. The quantitative estimate of drug-likeness (QED) is 0.133. The highest BCUT2D eigenvalue weighted by Crippen LogP contribution is 2.21. The van der Waals surface area contributed by atoms with Crippen LogP contribution in [0.5, 0.6) is 0 Å². The van der Waals surface area contributed by atoms with Crippen molar-refractivity contribution < 1.29 is 14.4 Å². The van der Waals surface area contributed by atoms with Crippen LogP contribution in [0.2, 0.25) is 0 Å². The number of allylic oxidation sites excluding steroid dienone is 1. The summed E-state index contributed by atoms with van der Waals surface area (Å²) in [7, 11) is 0. The molecule has 1 rings (SSSR count). The Hall–Kier alpha value is -1.46. The first kappa shape index (κ1) is 26.6. The number of carboxylic acids is 1. The molecule has 1 atom stereocenters. The number of carbonyl (C=O) groups is 1. The number of amidine groups is 1. The minimum Gasteiger partial charge on any atom is -0.477 e. The van der Waals surface area contributed by atoms with Gasteiger partial charge in [-0.3, -0.25) is 0 Å². The molecule has 0 saturated carbocycles.